The zero-order chi connectivity index (χ0) is 20.3. The molecule has 2 aromatic heterocycles. The van der Waals surface area contributed by atoms with Gasteiger partial charge in [-0.2, -0.15) is 0 Å². The Morgan fingerprint density at radius 3 is 2.71 bits per heavy atom. The first kappa shape index (κ1) is 19.6. The summed E-state index contributed by atoms with van der Waals surface area (Å²) in [5, 5.41) is 5.19. The molecule has 0 fully saturated rings. The van der Waals surface area contributed by atoms with E-state index in [-0.39, 0.29) is 17.9 Å². The first-order chi connectivity index (χ1) is 13.4. The number of ether oxygens (including phenoxy) is 2. The number of carbonyl (C=O) groups excluding carboxylic acids is 3. The Hall–Kier alpha value is -3.17. The number of hydrogen-bond acceptors (Lipinski definition) is 7. The Balaban J connectivity index is 1.76. The van der Waals surface area contributed by atoms with Crippen LogP contribution in [0.3, 0.4) is 0 Å². The van der Waals surface area contributed by atoms with Crippen molar-refractivity contribution in [2.75, 3.05) is 12.4 Å². The van der Waals surface area contributed by atoms with Crippen molar-refractivity contribution < 1.29 is 28.3 Å². The molecule has 3 rings (SSSR count). The van der Waals surface area contributed by atoms with E-state index in [2.05, 4.69) is 5.32 Å². The number of amides is 2. The van der Waals surface area contributed by atoms with Crippen LogP contribution in [-0.4, -0.2) is 31.0 Å². The van der Waals surface area contributed by atoms with Crippen LogP contribution < -0.4 is 11.1 Å². The lowest BCUT2D eigenvalue weighted by Crippen LogP contribution is -2.30. The van der Waals surface area contributed by atoms with E-state index in [1.165, 1.54) is 20.1 Å². The quantitative estimate of drug-likeness (QED) is 0.586. The van der Waals surface area contributed by atoms with Gasteiger partial charge < -0.3 is 24.9 Å². The van der Waals surface area contributed by atoms with Gasteiger partial charge in [0, 0.05) is 18.1 Å². The summed E-state index contributed by atoms with van der Waals surface area (Å²) >= 11 is 1.14. The number of primary amides is 1. The first-order valence-corrected chi connectivity index (χ1v) is 9.18. The molecular formula is C19H18N2O6S. The van der Waals surface area contributed by atoms with E-state index < -0.39 is 23.9 Å². The number of anilines is 1. The number of furan rings is 1. The molecule has 2 amide bonds. The van der Waals surface area contributed by atoms with Gasteiger partial charge in [-0.25, -0.2) is 4.79 Å². The molecule has 3 aromatic rings. The molecule has 0 aliphatic rings. The predicted octanol–water partition coefficient (Wildman–Crippen LogP) is 2.92. The fraction of sp³-hybridized carbons (Fsp3) is 0.211. The van der Waals surface area contributed by atoms with Gasteiger partial charge in [-0.05, 0) is 24.4 Å². The molecular weight excluding hydrogens is 384 g/mol. The van der Waals surface area contributed by atoms with Crippen LogP contribution in [0.4, 0.5) is 5.00 Å². The summed E-state index contributed by atoms with van der Waals surface area (Å²) in [6.07, 6.45) is -1.13. The SMILES string of the molecule is COCc1c(C(=O)O[C@H](C)C(=O)Nc2sccc2C(N)=O)oc2ccccc12. The normalized spacial score (nSPS) is 11.9. The summed E-state index contributed by atoms with van der Waals surface area (Å²) in [5.41, 5.74) is 6.51. The van der Waals surface area contributed by atoms with Crippen molar-refractivity contribution in [1.82, 2.24) is 0 Å². The van der Waals surface area contributed by atoms with Crippen molar-refractivity contribution in [3.8, 4) is 0 Å². The van der Waals surface area contributed by atoms with Crippen molar-refractivity contribution in [3.05, 3.63) is 52.6 Å². The molecule has 2 heterocycles. The number of esters is 1. The van der Waals surface area contributed by atoms with Gasteiger partial charge in [-0.1, -0.05) is 18.2 Å². The maximum atomic E-state index is 12.6. The van der Waals surface area contributed by atoms with E-state index in [4.69, 9.17) is 19.6 Å². The Bertz CT molecular complexity index is 1040. The third-order valence-corrected chi connectivity index (χ3v) is 4.82. The molecule has 1 atom stereocenters. The molecule has 0 aliphatic carbocycles. The van der Waals surface area contributed by atoms with Crippen molar-refractivity contribution in [2.24, 2.45) is 5.73 Å². The van der Waals surface area contributed by atoms with Crippen molar-refractivity contribution >= 4 is 45.1 Å². The number of nitrogens with two attached hydrogens (primary N) is 1. The maximum Gasteiger partial charge on any atom is 0.375 e. The molecule has 9 heteroatoms. The Morgan fingerprint density at radius 2 is 2.00 bits per heavy atom. The second kappa shape index (κ2) is 8.24. The summed E-state index contributed by atoms with van der Waals surface area (Å²) in [7, 11) is 1.50. The molecule has 8 nitrogen and oxygen atoms in total. The van der Waals surface area contributed by atoms with Crippen LogP contribution in [0, 0.1) is 0 Å². The number of benzene rings is 1. The highest BCUT2D eigenvalue weighted by molar-refractivity contribution is 7.14. The minimum atomic E-state index is -1.13. The van der Waals surface area contributed by atoms with E-state index in [9.17, 15) is 14.4 Å². The lowest BCUT2D eigenvalue weighted by atomic mass is 10.1. The van der Waals surface area contributed by atoms with Gasteiger partial charge in [0.25, 0.3) is 11.8 Å². The zero-order valence-electron chi connectivity index (χ0n) is 15.2. The van der Waals surface area contributed by atoms with Crippen molar-refractivity contribution in [1.29, 1.82) is 0 Å². The molecule has 1 aromatic carbocycles. The number of nitrogens with one attached hydrogen (secondary N) is 1. The zero-order valence-corrected chi connectivity index (χ0v) is 16.0. The monoisotopic (exact) mass is 402 g/mol. The van der Waals surface area contributed by atoms with Crippen molar-refractivity contribution in [3.63, 3.8) is 0 Å². The highest BCUT2D eigenvalue weighted by Gasteiger charge is 2.26. The van der Waals surface area contributed by atoms with Gasteiger partial charge >= 0.3 is 5.97 Å². The lowest BCUT2D eigenvalue weighted by Gasteiger charge is -2.13. The molecule has 3 N–H and O–H groups in total. The first-order valence-electron chi connectivity index (χ1n) is 8.30. The molecule has 146 valence electrons. The number of thiophene rings is 1. The maximum absolute atomic E-state index is 12.6. The van der Waals surface area contributed by atoms with E-state index in [0.29, 0.717) is 16.1 Å². The van der Waals surface area contributed by atoms with Crippen LogP contribution in [-0.2, 0) is 20.9 Å². The third-order valence-electron chi connectivity index (χ3n) is 3.99. The van der Waals surface area contributed by atoms with E-state index in [1.54, 1.807) is 17.5 Å². The number of carbonyl (C=O) groups is 3. The highest BCUT2D eigenvalue weighted by Crippen LogP contribution is 2.28. The van der Waals surface area contributed by atoms with Gasteiger partial charge in [0.05, 0.1) is 12.2 Å². The minimum absolute atomic E-state index is 0.0170. The molecule has 0 radical (unpaired) electrons. The molecule has 0 spiro atoms. The summed E-state index contributed by atoms with van der Waals surface area (Å²) in [6.45, 7) is 1.57. The van der Waals surface area contributed by atoms with Crippen LogP contribution in [0.1, 0.15) is 33.4 Å². The average molecular weight is 402 g/mol. The minimum Gasteiger partial charge on any atom is -0.449 e. The number of hydrogen-bond donors (Lipinski definition) is 2. The van der Waals surface area contributed by atoms with Gasteiger partial charge in [0.15, 0.2) is 6.10 Å². The van der Waals surface area contributed by atoms with Crippen LogP contribution in [0.15, 0.2) is 40.1 Å². The largest absolute Gasteiger partial charge is 0.449 e. The van der Waals surface area contributed by atoms with Gasteiger partial charge in [-0.15, -0.1) is 11.3 Å². The van der Waals surface area contributed by atoms with Crippen LogP contribution >= 0.6 is 11.3 Å². The Labute approximate surface area is 164 Å². The van der Waals surface area contributed by atoms with Crippen LogP contribution in [0.25, 0.3) is 11.0 Å². The average Bonchev–Trinajstić information content (AvgIpc) is 3.27. The topological polar surface area (TPSA) is 121 Å². The van der Waals surface area contributed by atoms with E-state index >= 15 is 0 Å². The van der Waals surface area contributed by atoms with Gasteiger partial charge in [0.2, 0.25) is 5.76 Å². The molecule has 0 bridgehead atoms. The van der Waals surface area contributed by atoms with Gasteiger partial charge in [-0.3, -0.25) is 9.59 Å². The molecule has 0 aliphatic heterocycles. The van der Waals surface area contributed by atoms with E-state index in [1.807, 2.05) is 12.1 Å². The predicted molar refractivity (Wildman–Crippen MR) is 103 cm³/mol. The second-order valence-electron chi connectivity index (χ2n) is 5.90. The number of fused-ring (bicyclic) bond motifs is 1. The summed E-state index contributed by atoms with van der Waals surface area (Å²) in [4.78, 5) is 36.3. The highest BCUT2D eigenvalue weighted by atomic mass is 32.1. The fourth-order valence-corrected chi connectivity index (χ4v) is 3.43. The second-order valence-corrected chi connectivity index (χ2v) is 6.82. The molecule has 0 saturated heterocycles. The van der Waals surface area contributed by atoms with Gasteiger partial charge in [0.1, 0.15) is 10.6 Å². The van der Waals surface area contributed by atoms with Crippen molar-refractivity contribution in [2.45, 2.75) is 19.6 Å². The summed E-state index contributed by atoms with van der Waals surface area (Å²) in [5.74, 6) is -2.06. The number of rotatable bonds is 7. The summed E-state index contributed by atoms with van der Waals surface area (Å²) in [6, 6.07) is 8.64. The van der Waals surface area contributed by atoms with Crippen LogP contribution in [0.2, 0.25) is 0 Å². The molecule has 0 saturated carbocycles. The standard InChI is InChI=1S/C19H18N2O6S/c1-10(17(23)21-18-12(16(20)22)7-8-28-18)26-19(24)15-13(9-25-2)11-5-3-4-6-14(11)27-15/h3-8,10H,9H2,1-2H3,(H2,20,22)(H,21,23)/t10-/m1/s1. The summed E-state index contributed by atoms with van der Waals surface area (Å²) < 4.78 is 16.0. The third kappa shape index (κ3) is 3.90. The smallest absolute Gasteiger partial charge is 0.375 e. The number of para-hydroxylation sites is 1. The lowest BCUT2D eigenvalue weighted by molar-refractivity contribution is -0.123. The molecule has 28 heavy (non-hydrogen) atoms. The van der Waals surface area contributed by atoms with Crippen LogP contribution in [0.5, 0.6) is 0 Å². The van der Waals surface area contributed by atoms with E-state index in [0.717, 1.165) is 16.7 Å². The fourth-order valence-electron chi connectivity index (χ4n) is 2.63. The number of methoxy groups -OCH3 is 1. The Morgan fingerprint density at radius 1 is 1.25 bits per heavy atom. The Kier molecular flexibility index (Phi) is 5.76. The molecule has 0 unspecified atom stereocenters.